The van der Waals surface area contributed by atoms with Crippen LogP contribution in [0, 0.1) is 21.4 Å². The van der Waals surface area contributed by atoms with Gasteiger partial charge in [-0.1, -0.05) is 0 Å². The first kappa shape index (κ1) is 13.4. The molecule has 0 heterocycles. The topological polar surface area (TPSA) is 90.4 Å². The Morgan fingerprint density at radius 1 is 1.20 bits per heavy atom. The first-order valence-corrected chi connectivity index (χ1v) is 5.74. The van der Waals surface area contributed by atoms with E-state index in [2.05, 4.69) is 0 Å². The van der Waals surface area contributed by atoms with E-state index in [9.17, 15) is 15.2 Å². The second kappa shape index (κ2) is 5.28. The highest BCUT2D eigenvalue weighted by atomic mass is 16.6. The van der Waals surface area contributed by atoms with Crippen LogP contribution in [0.4, 0.5) is 17.1 Å². The van der Waals surface area contributed by atoms with Gasteiger partial charge in [-0.3, -0.25) is 10.1 Å². The summed E-state index contributed by atoms with van der Waals surface area (Å²) >= 11 is 0. The van der Waals surface area contributed by atoms with E-state index in [1.165, 1.54) is 12.1 Å². The van der Waals surface area contributed by atoms with E-state index in [1.54, 1.807) is 42.3 Å². The average Bonchev–Trinajstić information content (AvgIpc) is 2.46. The van der Waals surface area contributed by atoms with Crippen molar-refractivity contribution in [2.75, 3.05) is 11.9 Å². The molecule has 100 valence electrons. The van der Waals surface area contributed by atoms with Crippen LogP contribution in [0.25, 0.3) is 0 Å². The zero-order valence-corrected chi connectivity index (χ0v) is 10.6. The first-order chi connectivity index (χ1) is 9.52. The number of nitro groups is 1. The van der Waals surface area contributed by atoms with Crippen LogP contribution < -0.4 is 4.90 Å². The number of benzene rings is 2. The van der Waals surface area contributed by atoms with Gasteiger partial charge in [-0.25, -0.2) is 0 Å². The lowest BCUT2D eigenvalue weighted by atomic mass is 10.1. The summed E-state index contributed by atoms with van der Waals surface area (Å²) in [7, 11) is 1.77. The maximum Gasteiger partial charge on any atom is 0.287 e. The van der Waals surface area contributed by atoms with Gasteiger partial charge in [0.05, 0.1) is 4.92 Å². The van der Waals surface area contributed by atoms with Crippen molar-refractivity contribution in [2.45, 2.75) is 0 Å². The molecule has 20 heavy (non-hydrogen) atoms. The molecule has 6 heteroatoms. The quantitative estimate of drug-likeness (QED) is 0.683. The van der Waals surface area contributed by atoms with Crippen molar-refractivity contribution in [3.8, 4) is 11.8 Å². The third-order valence-electron chi connectivity index (χ3n) is 2.92. The summed E-state index contributed by atoms with van der Waals surface area (Å²) in [4.78, 5) is 12.0. The van der Waals surface area contributed by atoms with Gasteiger partial charge in [0.1, 0.15) is 17.4 Å². The Labute approximate surface area is 115 Å². The highest BCUT2D eigenvalue weighted by Gasteiger charge is 2.15. The van der Waals surface area contributed by atoms with E-state index < -0.39 is 4.92 Å². The molecule has 0 aromatic heterocycles. The summed E-state index contributed by atoms with van der Waals surface area (Å²) < 4.78 is 0. The lowest BCUT2D eigenvalue weighted by Gasteiger charge is -2.19. The minimum Gasteiger partial charge on any atom is -0.508 e. The maximum atomic E-state index is 10.8. The van der Waals surface area contributed by atoms with E-state index in [-0.39, 0.29) is 17.0 Å². The van der Waals surface area contributed by atoms with Gasteiger partial charge in [0.15, 0.2) is 0 Å². The molecule has 0 unspecified atom stereocenters. The molecule has 2 aromatic carbocycles. The van der Waals surface area contributed by atoms with E-state index in [0.717, 1.165) is 5.69 Å². The summed E-state index contributed by atoms with van der Waals surface area (Å²) in [5.74, 6) is 0.156. The molecule has 0 aliphatic heterocycles. The van der Waals surface area contributed by atoms with Gasteiger partial charge < -0.3 is 10.0 Å². The third kappa shape index (κ3) is 2.52. The summed E-state index contributed by atoms with van der Waals surface area (Å²) in [6.45, 7) is 0. The Bertz CT molecular complexity index is 690. The Hall–Kier alpha value is -3.07. The summed E-state index contributed by atoms with van der Waals surface area (Å²) in [5, 5.41) is 29.0. The standard InChI is InChI=1S/C14H11N3O3/c1-16(11-2-5-13(18)6-3-11)12-4-7-14(17(19)20)10(8-12)9-15/h2-8,18H,1H3. The molecular formula is C14H11N3O3. The molecule has 0 aliphatic rings. The van der Waals surface area contributed by atoms with Gasteiger partial charge in [0, 0.05) is 24.5 Å². The Balaban J connectivity index is 2.41. The summed E-state index contributed by atoms with van der Waals surface area (Å²) in [6, 6.07) is 12.7. The largest absolute Gasteiger partial charge is 0.508 e. The third-order valence-corrected chi connectivity index (χ3v) is 2.92. The molecule has 0 spiro atoms. The number of nitrogens with zero attached hydrogens (tertiary/aromatic N) is 3. The molecule has 0 bridgehead atoms. The lowest BCUT2D eigenvalue weighted by Crippen LogP contribution is -2.09. The number of phenols is 1. The van der Waals surface area contributed by atoms with Crippen LogP contribution in [0.3, 0.4) is 0 Å². The lowest BCUT2D eigenvalue weighted by molar-refractivity contribution is -0.385. The van der Waals surface area contributed by atoms with Crippen molar-refractivity contribution >= 4 is 17.1 Å². The van der Waals surface area contributed by atoms with Crippen LogP contribution in [0.15, 0.2) is 42.5 Å². The van der Waals surface area contributed by atoms with E-state index in [1.807, 2.05) is 6.07 Å². The van der Waals surface area contributed by atoms with Crippen molar-refractivity contribution in [3.05, 3.63) is 58.1 Å². The second-order valence-electron chi connectivity index (χ2n) is 4.15. The molecule has 0 radical (unpaired) electrons. The van der Waals surface area contributed by atoms with Gasteiger partial charge >= 0.3 is 0 Å². The highest BCUT2D eigenvalue weighted by molar-refractivity contribution is 5.67. The zero-order chi connectivity index (χ0) is 14.7. The Kier molecular flexibility index (Phi) is 3.53. The van der Waals surface area contributed by atoms with Crippen LogP contribution in [0.5, 0.6) is 5.75 Å². The van der Waals surface area contributed by atoms with E-state index >= 15 is 0 Å². The number of anilines is 2. The molecule has 0 saturated carbocycles. The molecule has 2 aromatic rings. The molecule has 0 aliphatic carbocycles. The predicted molar refractivity (Wildman–Crippen MR) is 74.0 cm³/mol. The van der Waals surface area contributed by atoms with Crippen LogP contribution in [0.1, 0.15) is 5.56 Å². The van der Waals surface area contributed by atoms with Gasteiger partial charge in [0.2, 0.25) is 0 Å². The number of aromatic hydroxyl groups is 1. The smallest absolute Gasteiger partial charge is 0.287 e. The van der Waals surface area contributed by atoms with Crippen molar-refractivity contribution in [3.63, 3.8) is 0 Å². The number of nitriles is 1. The first-order valence-electron chi connectivity index (χ1n) is 5.74. The minimum atomic E-state index is -0.580. The van der Waals surface area contributed by atoms with Crippen LogP contribution in [-0.2, 0) is 0 Å². The number of hydrogen-bond donors (Lipinski definition) is 1. The van der Waals surface area contributed by atoms with Gasteiger partial charge in [-0.15, -0.1) is 0 Å². The fraction of sp³-hybridized carbons (Fsp3) is 0.0714. The zero-order valence-electron chi connectivity index (χ0n) is 10.6. The van der Waals surface area contributed by atoms with Crippen LogP contribution in [0.2, 0.25) is 0 Å². The normalized spacial score (nSPS) is 9.80. The van der Waals surface area contributed by atoms with Crippen molar-refractivity contribution in [1.82, 2.24) is 0 Å². The Morgan fingerprint density at radius 3 is 2.35 bits per heavy atom. The fourth-order valence-corrected chi connectivity index (χ4v) is 1.81. The Morgan fingerprint density at radius 2 is 1.80 bits per heavy atom. The molecule has 0 atom stereocenters. The van der Waals surface area contributed by atoms with Crippen molar-refractivity contribution < 1.29 is 10.0 Å². The van der Waals surface area contributed by atoms with Crippen LogP contribution in [-0.4, -0.2) is 17.1 Å². The van der Waals surface area contributed by atoms with Gasteiger partial charge in [-0.05, 0) is 36.4 Å². The van der Waals surface area contributed by atoms with E-state index in [4.69, 9.17) is 5.26 Å². The minimum absolute atomic E-state index is 0.0122. The SMILES string of the molecule is CN(c1ccc(O)cc1)c1ccc([N+](=O)[O-])c(C#N)c1. The molecule has 0 fully saturated rings. The summed E-state index contributed by atoms with van der Waals surface area (Å²) in [5.41, 5.74) is 1.24. The van der Waals surface area contributed by atoms with Gasteiger partial charge in [-0.2, -0.15) is 5.26 Å². The number of hydrogen-bond acceptors (Lipinski definition) is 5. The monoisotopic (exact) mass is 269 g/mol. The number of phenolic OH excluding ortho intramolecular Hbond substituents is 1. The molecular weight excluding hydrogens is 258 g/mol. The molecule has 0 amide bonds. The van der Waals surface area contributed by atoms with Gasteiger partial charge in [0.25, 0.3) is 5.69 Å². The second-order valence-corrected chi connectivity index (χ2v) is 4.15. The number of rotatable bonds is 3. The predicted octanol–water partition coefficient (Wildman–Crippen LogP) is 2.94. The molecule has 1 N–H and O–H groups in total. The number of nitro benzene ring substituents is 1. The fourth-order valence-electron chi connectivity index (χ4n) is 1.81. The van der Waals surface area contributed by atoms with Crippen molar-refractivity contribution in [2.24, 2.45) is 0 Å². The highest BCUT2D eigenvalue weighted by Crippen LogP contribution is 2.29. The van der Waals surface area contributed by atoms with E-state index in [0.29, 0.717) is 5.69 Å². The average molecular weight is 269 g/mol. The van der Waals surface area contributed by atoms with Crippen molar-refractivity contribution in [1.29, 1.82) is 5.26 Å². The molecule has 6 nitrogen and oxygen atoms in total. The summed E-state index contributed by atoms with van der Waals surface area (Å²) in [6.07, 6.45) is 0. The molecule has 2 rings (SSSR count). The maximum absolute atomic E-state index is 10.8. The van der Waals surface area contributed by atoms with Crippen LogP contribution >= 0.6 is 0 Å². The molecule has 0 saturated heterocycles.